The molecule has 1 heterocycles. The fraction of sp³-hybridized carbons (Fsp3) is 0.160. The van der Waals surface area contributed by atoms with Crippen LogP contribution in [-0.4, -0.2) is 41.7 Å². The monoisotopic (exact) mass is 535 g/mol. The molecular weight excluding hydrogens is 517 g/mol. The number of alkyl halides is 1. The summed E-state index contributed by atoms with van der Waals surface area (Å²) in [6.45, 7) is -1.40. The first-order valence-electron chi connectivity index (χ1n) is 10.8. The highest BCUT2D eigenvalue weighted by Crippen LogP contribution is 2.45. The minimum atomic E-state index is -1.41. The van der Waals surface area contributed by atoms with Crippen LogP contribution in [0.15, 0.2) is 65.8 Å². The maximum atomic E-state index is 14.5. The number of hydrogen-bond acceptors (Lipinski definition) is 5. The van der Waals surface area contributed by atoms with E-state index < -0.39 is 59.3 Å². The smallest absolute Gasteiger partial charge is 0.281 e. The van der Waals surface area contributed by atoms with E-state index in [1.165, 1.54) is 30.3 Å². The van der Waals surface area contributed by atoms with Crippen molar-refractivity contribution in [3.05, 3.63) is 101 Å². The van der Waals surface area contributed by atoms with Gasteiger partial charge in [0.05, 0.1) is 0 Å². The lowest BCUT2D eigenvalue weighted by atomic mass is 10.1. The number of carbonyl (C=O) groups is 2. The summed E-state index contributed by atoms with van der Waals surface area (Å²) in [6, 6.07) is 12.3. The molecule has 0 radical (unpaired) electrons. The van der Waals surface area contributed by atoms with Crippen LogP contribution in [0.2, 0.25) is 0 Å². The van der Waals surface area contributed by atoms with Gasteiger partial charge in [0.25, 0.3) is 11.8 Å². The van der Waals surface area contributed by atoms with Crippen LogP contribution in [0.4, 0.5) is 22.0 Å². The van der Waals surface area contributed by atoms with Crippen molar-refractivity contribution in [3.63, 3.8) is 0 Å². The molecule has 1 aliphatic rings. The number of para-hydroxylation sites is 1. The molecular formula is C25H18F5N3O3S. The molecule has 1 N–H and O–H groups in total. The van der Waals surface area contributed by atoms with Crippen LogP contribution >= 0.6 is 11.8 Å². The fourth-order valence-electron chi connectivity index (χ4n) is 3.45. The van der Waals surface area contributed by atoms with E-state index in [1.807, 2.05) is 0 Å². The molecule has 0 aromatic heterocycles. The van der Waals surface area contributed by atoms with Crippen LogP contribution in [0, 0.1) is 23.3 Å². The number of nitrogens with zero attached hydrogens (tertiary/aromatic N) is 2. The number of hydrazone groups is 1. The maximum absolute atomic E-state index is 14.5. The lowest BCUT2D eigenvalue weighted by molar-refractivity contribution is -0.123. The van der Waals surface area contributed by atoms with Gasteiger partial charge in [-0.1, -0.05) is 30.0 Å². The van der Waals surface area contributed by atoms with Crippen molar-refractivity contribution in [2.24, 2.45) is 5.10 Å². The summed E-state index contributed by atoms with van der Waals surface area (Å²) < 4.78 is 73.8. The molecule has 1 aliphatic heterocycles. The molecule has 0 saturated carbocycles. The van der Waals surface area contributed by atoms with Gasteiger partial charge in [-0.3, -0.25) is 9.59 Å². The van der Waals surface area contributed by atoms with E-state index in [0.29, 0.717) is 23.3 Å². The van der Waals surface area contributed by atoms with Gasteiger partial charge in [0, 0.05) is 29.8 Å². The Morgan fingerprint density at radius 2 is 1.65 bits per heavy atom. The van der Waals surface area contributed by atoms with E-state index in [-0.39, 0.29) is 17.3 Å². The number of nitrogens with one attached hydrogen (secondary N) is 1. The maximum Gasteiger partial charge on any atom is 0.281 e. The van der Waals surface area contributed by atoms with Crippen molar-refractivity contribution in [1.82, 2.24) is 10.3 Å². The molecule has 1 unspecified atom stereocenters. The molecule has 192 valence electrons. The number of ether oxygens (including phenoxy) is 1. The third-order valence-corrected chi connectivity index (χ3v) is 6.34. The van der Waals surface area contributed by atoms with Gasteiger partial charge in [-0.05, 0) is 30.3 Å². The molecule has 37 heavy (non-hydrogen) atoms. The zero-order valence-electron chi connectivity index (χ0n) is 18.9. The van der Waals surface area contributed by atoms with Gasteiger partial charge in [0.15, 0.2) is 6.61 Å². The van der Waals surface area contributed by atoms with E-state index in [0.717, 1.165) is 16.8 Å². The van der Waals surface area contributed by atoms with E-state index in [1.54, 1.807) is 18.2 Å². The lowest BCUT2D eigenvalue weighted by Gasteiger charge is -2.23. The quantitative estimate of drug-likeness (QED) is 0.414. The van der Waals surface area contributed by atoms with Crippen molar-refractivity contribution in [1.29, 1.82) is 0 Å². The predicted molar refractivity (Wildman–Crippen MR) is 127 cm³/mol. The van der Waals surface area contributed by atoms with Gasteiger partial charge >= 0.3 is 0 Å². The van der Waals surface area contributed by atoms with Gasteiger partial charge in [0.2, 0.25) is 0 Å². The Labute approximate surface area is 212 Å². The van der Waals surface area contributed by atoms with Crippen LogP contribution in [0.3, 0.4) is 0 Å². The Bertz CT molecular complexity index is 1330. The largest absolute Gasteiger partial charge is 0.483 e. The highest BCUT2D eigenvalue weighted by molar-refractivity contribution is 8.14. The molecule has 12 heteroatoms. The SMILES string of the molecule is O=C(COc1ccccc1C1SC(c2ccc(F)cc2)=NN1C(=O)c1c(F)cc(F)cc1F)NCCF. The highest BCUT2D eigenvalue weighted by Gasteiger charge is 2.38. The number of halogens is 5. The van der Waals surface area contributed by atoms with Crippen LogP contribution < -0.4 is 10.1 Å². The van der Waals surface area contributed by atoms with Gasteiger partial charge in [-0.2, -0.15) is 5.10 Å². The summed E-state index contributed by atoms with van der Waals surface area (Å²) in [5.74, 6) is -6.14. The second-order valence-electron chi connectivity index (χ2n) is 7.64. The Morgan fingerprint density at radius 1 is 0.973 bits per heavy atom. The molecule has 0 bridgehead atoms. The topological polar surface area (TPSA) is 71.0 Å². The van der Waals surface area contributed by atoms with E-state index in [4.69, 9.17) is 4.74 Å². The molecule has 0 fully saturated rings. The molecule has 0 aliphatic carbocycles. The summed E-state index contributed by atoms with van der Waals surface area (Å²) in [7, 11) is 0. The Hall–Kier alpha value is -3.93. The number of carbonyl (C=O) groups excluding carboxylic acids is 2. The van der Waals surface area contributed by atoms with E-state index in [2.05, 4.69) is 10.4 Å². The van der Waals surface area contributed by atoms with Gasteiger partial charge in [-0.15, -0.1) is 0 Å². The average molecular weight is 535 g/mol. The van der Waals surface area contributed by atoms with Crippen LogP contribution in [-0.2, 0) is 4.79 Å². The Kier molecular flexibility index (Phi) is 8.07. The summed E-state index contributed by atoms with van der Waals surface area (Å²) >= 11 is 1.01. The minimum absolute atomic E-state index is 0.156. The fourth-order valence-corrected chi connectivity index (χ4v) is 4.64. The first-order chi connectivity index (χ1) is 17.8. The molecule has 0 spiro atoms. The van der Waals surface area contributed by atoms with Crippen molar-refractivity contribution < 1.29 is 36.3 Å². The molecule has 1 atom stereocenters. The Balaban J connectivity index is 1.71. The summed E-state index contributed by atoms with van der Waals surface area (Å²) in [5, 5.41) is 6.58. The first-order valence-corrected chi connectivity index (χ1v) is 11.7. The molecule has 4 rings (SSSR count). The second-order valence-corrected chi connectivity index (χ2v) is 8.71. The zero-order chi connectivity index (χ0) is 26.5. The van der Waals surface area contributed by atoms with Crippen molar-refractivity contribution >= 4 is 28.6 Å². The number of benzene rings is 3. The van der Waals surface area contributed by atoms with Crippen LogP contribution in [0.5, 0.6) is 5.75 Å². The normalized spacial score (nSPS) is 14.9. The lowest BCUT2D eigenvalue weighted by Crippen LogP contribution is -2.31. The summed E-state index contributed by atoms with van der Waals surface area (Å²) in [5.41, 5.74) is -0.265. The third kappa shape index (κ3) is 5.91. The van der Waals surface area contributed by atoms with Crippen LogP contribution in [0.25, 0.3) is 0 Å². The molecule has 3 aromatic rings. The number of thioether (sulfide) groups is 1. The molecule has 2 amide bonds. The average Bonchev–Trinajstić information content (AvgIpc) is 3.31. The van der Waals surface area contributed by atoms with Crippen molar-refractivity contribution in [2.75, 3.05) is 19.8 Å². The highest BCUT2D eigenvalue weighted by atomic mass is 32.2. The number of amides is 2. The standard InChI is InChI=1S/C25H18F5N3O3S/c26-9-10-31-21(34)13-36-20-4-2-1-3-17(20)25-33(24(35)22-18(29)11-16(28)12-19(22)30)32-23(37-25)14-5-7-15(27)8-6-14/h1-8,11-12,25H,9-10,13H2,(H,31,34). The summed E-state index contributed by atoms with van der Waals surface area (Å²) in [6.07, 6.45) is 0. The number of rotatable bonds is 8. The third-order valence-electron chi connectivity index (χ3n) is 5.12. The van der Waals surface area contributed by atoms with Crippen LogP contribution in [0.1, 0.15) is 26.9 Å². The predicted octanol–water partition coefficient (Wildman–Crippen LogP) is 4.96. The van der Waals surface area contributed by atoms with Crippen molar-refractivity contribution in [3.8, 4) is 5.75 Å². The molecule has 3 aromatic carbocycles. The van der Waals surface area contributed by atoms with Crippen molar-refractivity contribution in [2.45, 2.75) is 5.37 Å². The van der Waals surface area contributed by atoms with Gasteiger partial charge in [-0.25, -0.2) is 27.0 Å². The number of hydrogen-bond donors (Lipinski definition) is 1. The Morgan fingerprint density at radius 3 is 2.32 bits per heavy atom. The summed E-state index contributed by atoms with van der Waals surface area (Å²) in [4.78, 5) is 25.2. The second kappa shape index (κ2) is 11.4. The first kappa shape index (κ1) is 26.1. The zero-order valence-corrected chi connectivity index (χ0v) is 19.7. The van der Waals surface area contributed by atoms with Gasteiger partial charge in [0.1, 0.15) is 51.7 Å². The van der Waals surface area contributed by atoms with E-state index >= 15 is 0 Å². The van der Waals surface area contributed by atoms with Gasteiger partial charge < -0.3 is 10.1 Å². The van der Waals surface area contributed by atoms with E-state index in [9.17, 15) is 31.5 Å². The molecule has 6 nitrogen and oxygen atoms in total. The molecule has 0 saturated heterocycles. The minimum Gasteiger partial charge on any atom is -0.483 e.